The van der Waals surface area contributed by atoms with Gasteiger partial charge in [0.1, 0.15) is 11.7 Å². The molecule has 1 atom stereocenters. The highest BCUT2D eigenvalue weighted by molar-refractivity contribution is 5.94. The van der Waals surface area contributed by atoms with Crippen LogP contribution in [0.4, 0.5) is 0 Å². The topological polar surface area (TPSA) is 119 Å². The number of nitrogens with one attached hydrogen (secondary N) is 1. The monoisotopic (exact) mass is 284 g/mol. The molecule has 0 aliphatic carbocycles. The van der Waals surface area contributed by atoms with Crippen molar-refractivity contribution in [1.82, 2.24) is 14.9 Å². The minimum absolute atomic E-state index is 0.177. The summed E-state index contributed by atoms with van der Waals surface area (Å²) < 4.78 is 6.53. The number of aromatic nitrogens is 2. The van der Waals surface area contributed by atoms with Crippen molar-refractivity contribution >= 4 is 11.9 Å². The van der Waals surface area contributed by atoms with Crippen molar-refractivity contribution in [3.63, 3.8) is 0 Å². The molecule has 0 spiro atoms. The summed E-state index contributed by atoms with van der Waals surface area (Å²) in [5, 5.41) is 11.5. The SMILES string of the molecule is COCCCC(NC(=O)c1cn(CCN)cn1)C(=O)O. The van der Waals surface area contributed by atoms with Gasteiger partial charge in [0.2, 0.25) is 0 Å². The highest BCUT2D eigenvalue weighted by Gasteiger charge is 2.21. The van der Waals surface area contributed by atoms with E-state index >= 15 is 0 Å². The first kappa shape index (κ1) is 16.1. The molecule has 0 fully saturated rings. The van der Waals surface area contributed by atoms with E-state index in [2.05, 4.69) is 10.3 Å². The molecule has 8 heteroatoms. The summed E-state index contributed by atoms with van der Waals surface area (Å²) in [7, 11) is 1.54. The molecule has 0 aliphatic rings. The number of carbonyl (C=O) groups excluding carboxylic acids is 1. The number of carbonyl (C=O) groups is 2. The Morgan fingerprint density at radius 2 is 2.35 bits per heavy atom. The smallest absolute Gasteiger partial charge is 0.326 e. The first-order chi connectivity index (χ1) is 9.58. The first-order valence-corrected chi connectivity index (χ1v) is 6.33. The quantitative estimate of drug-likeness (QED) is 0.523. The van der Waals surface area contributed by atoms with Crippen LogP contribution in [0, 0.1) is 0 Å². The van der Waals surface area contributed by atoms with Gasteiger partial charge in [-0.25, -0.2) is 9.78 Å². The van der Waals surface area contributed by atoms with Crippen LogP contribution in [0.2, 0.25) is 0 Å². The number of hydrogen-bond acceptors (Lipinski definition) is 5. The molecule has 0 aromatic carbocycles. The lowest BCUT2D eigenvalue weighted by Gasteiger charge is -2.13. The Bertz CT molecular complexity index is 446. The number of rotatable bonds is 9. The standard InChI is InChI=1S/C12H20N4O4/c1-20-6-2-3-9(12(18)19)15-11(17)10-7-16(5-4-13)8-14-10/h7-9H,2-6,13H2,1H3,(H,15,17)(H,18,19). The Balaban J connectivity index is 2.57. The molecule has 0 aliphatic heterocycles. The lowest BCUT2D eigenvalue weighted by Crippen LogP contribution is -2.41. The fourth-order valence-corrected chi connectivity index (χ4v) is 1.67. The first-order valence-electron chi connectivity index (χ1n) is 6.33. The van der Waals surface area contributed by atoms with Crippen LogP contribution < -0.4 is 11.1 Å². The van der Waals surface area contributed by atoms with Gasteiger partial charge in [0, 0.05) is 33.0 Å². The third-order valence-corrected chi connectivity index (χ3v) is 2.70. The number of hydrogen-bond donors (Lipinski definition) is 3. The molecule has 20 heavy (non-hydrogen) atoms. The van der Waals surface area contributed by atoms with Gasteiger partial charge in [-0.05, 0) is 12.8 Å². The van der Waals surface area contributed by atoms with Crippen LogP contribution in [0.5, 0.6) is 0 Å². The number of amides is 1. The number of carboxylic acid groups (broad SMARTS) is 1. The van der Waals surface area contributed by atoms with E-state index in [4.69, 9.17) is 15.6 Å². The fraction of sp³-hybridized carbons (Fsp3) is 0.583. The number of methoxy groups -OCH3 is 1. The molecule has 0 radical (unpaired) electrons. The number of carboxylic acids is 1. The Morgan fingerprint density at radius 1 is 1.60 bits per heavy atom. The van der Waals surface area contributed by atoms with Crippen LogP contribution in [0.3, 0.4) is 0 Å². The van der Waals surface area contributed by atoms with Crippen LogP contribution >= 0.6 is 0 Å². The number of nitrogens with zero attached hydrogens (tertiary/aromatic N) is 2. The van der Waals surface area contributed by atoms with Crippen molar-refractivity contribution in [3.8, 4) is 0 Å². The summed E-state index contributed by atoms with van der Waals surface area (Å²) in [6.07, 6.45) is 3.88. The van der Waals surface area contributed by atoms with Crippen LogP contribution in [0.15, 0.2) is 12.5 Å². The third-order valence-electron chi connectivity index (χ3n) is 2.70. The summed E-state index contributed by atoms with van der Waals surface area (Å²) in [5.41, 5.74) is 5.57. The molecule has 1 heterocycles. The number of imidazole rings is 1. The molecule has 0 saturated carbocycles. The normalized spacial score (nSPS) is 12.1. The largest absolute Gasteiger partial charge is 0.480 e. The molecule has 112 valence electrons. The maximum Gasteiger partial charge on any atom is 0.326 e. The third kappa shape index (κ3) is 4.98. The Morgan fingerprint density at radius 3 is 2.95 bits per heavy atom. The van der Waals surface area contributed by atoms with Crippen LogP contribution in [0.25, 0.3) is 0 Å². The molecular formula is C12H20N4O4. The lowest BCUT2D eigenvalue weighted by atomic mass is 10.1. The van der Waals surface area contributed by atoms with Gasteiger partial charge in [0.05, 0.1) is 6.33 Å². The van der Waals surface area contributed by atoms with Gasteiger partial charge in [-0.1, -0.05) is 0 Å². The van der Waals surface area contributed by atoms with Gasteiger partial charge < -0.3 is 25.5 Å². The molecule has 8 nitrogen and oxygen atoms in total. The van der Waals surface area contributed by atoms with Crippen molar-refractivity contribution in [3.05, 3.63) is 18.2 Å². The van der Waals surface area contributed by atoms with E-state index in [-0.39, 0.29) is 5.69 Å². The second kappa shape index (κ2) is 8.28. The van der Waals surface area contributed by atoms with E-state index in [1.807, 2.05) is 0 Å². The van der Waals surface area contributed by atoms with E-state index in [0.29, 0.717) is 32.5 Å². The molecule has 1 amide bonds. The zero-order valence-corrected chi connectivity index (χ0v) is 11.4. The van der Waals surface area contributed by atoms with Crippen molar-refractivity contribution in [2.24, 2.45) is 5.73 Å². The van der Waals surface area contributed by atoms with Crippen LogP contribution in [0.1, 0.15) is 23.3 Å². The number of nitrogens with two attached hydrogens (primary N) is 1. The van der Waals surface area contributed by atoms with E-state index in [1.54, 1.807) is 11.7 Å². The van der Waals surface area contributed by atoms with Crippen molar-refractivity contribution < 1.29 is 19.4 Å². The van der Waals surface area contributed by atoms with Gasteiger partial charge in [0.15, 0.2) is 0 Å². The summed E-state index contributed by atoms with van der Waals surface area (Å²) in [6.45, 7) is 1.44. The van der Waals surface area contributed by atoms with E-state index < -0.39 is 17.9 Å². The summed E-state index contributed by atoms with van der Waals surface area (Å²) in [4.78, 5) is 26.9. The summed E-state index contributed by atoms with van der Waals surface area (Å²) in [5.74, 6) is -1.58. The van der Waals surface area contributed by atoms with Gasteiger partial charge >= 0.3 is 5.97 Å². The molecule has 0 saturated heterocycles. The minimum Gasteiger partial charge on any atom is -0.480 e. The fourth-order valence-electron chi connectivity index (χ4n) is 1.67. The maximum absolute atomic E-state index is 11.9. The van der Waals surface area contributed by atoms with E-state index in [0.717, 1.165) is 0 Å². The maximum atomic E-state index is 11.9. The van der Waals surface area contributed by atoms with Crippen molar-refractivity contribution in [2.45, 2.75) is 25.4 Å². The van der Waals surface area contributed by atoms with E-state index in [9.17, 15) is 9.59 Å². The molecule has 0 bridgehead atoms. The minimum atomic E-state index is -1.07. The van der Waals surface area contributed by atoms with Gasteiger partial charge in [-0.2, -0.15) is 0 Å². The van der Waals surface area contributed by atoms with Crippen LogP contribution in [-0.4, -0.2) is 52.8 Å². The van der Waals surface area contributed by atoms with Gasteiger partial charge in [-0.15, -0.1) is 0 Å². The number of ether oxygens (including phenoxy) is 1. The van der Waals surface area contributed by atoms with Gasteiger partial charge in [-0.3, -0.25) is 4.79 Å². The van der Waals surface area contributed by atoms with Crippen LogP contribution in [-0.2, 0) is 16.1 Å². The summed E-state index contributed by atoms with van der Waals surface area (Å²) >= 11 is 0. The average molecular weight is 284 g/mol. The highest BCUT2D eigenvalue weighted by atomic mass is 16.5. The molecule has 1 aromatic rings. The second-order valence-corrected chi connectivity index (χ2v) is 4.28. The zero-order valence-electron chi connectivity index (χ0n) is 11.4. The molecule has 1 aromatic heterocycles. The zero-order chi connectivity index (χ0) is 15.0. The number of aliphatic carboxylic acids is 1. The predicted octanol–water partition coefficient (Wildman–Crippen LogP) is -0.549. The Kier molecular flexibility index (Phi) is 6.68. The summed E-state index contributed by atoms with van der Waals surface area (Å²) in [6, 6.07) is -0.947. The predicted molar refractivity (Wildman–Crippen MR) is 71.3 cm³/mol. The average Bonchev–Trinajstić information content (AvgIpc) is 2.86. The highest BCUT2D eigenvalue weighted by Crippen LogP contribution is 2.02. The Labute approximate surface area is 116 Å². The second-order valence-electron chi connectivity index (χ2n) is 4.28. The molecule has 1 unspecified atom stereocenters. The van der Waals surface area contributed by atoms with Crippen molar-refractivity contribution in [1.29, 1.82) is 0 Å². The van der Waals surface area contributed by atoms with E-state index in [1.165, 1.54) is 12.5 Å². The van der Waals surface area contributed by atoms with Crippen molar-refractivity contribution in [2.75, 3.05) is 20.3 Å². The van der Waals surface area contributed by atoms with Gasteiger partial charge in [0.25, 0.3) is 5.91 Å². The lowest BCUT2D eigenvalue weighted by molar-refractivity contribution is -0.139. The molecule has 1 rings (SSSR count). The molecular weight excluding hydrogens is 264 g/mol. The molecule has 4 N–H and O–H groups in total. The Hall–Kier alpha value is -1.93.